The van der Waals surface area contributed by atoms with Gasteiger partial charge in [-0.3, -0.25) is 0 Å². The highest BCUT2D eigenvalue weighted by Gasteiger charge is 2.19. The van der Waals surface area contributed by atoms with E-state index < -0.39 is 10.0 Å². The Balaban J connectivity index is 1.95. The fraction of sp³-hybridized carbons (Fsp3) is 0.476. The molecule has 0 unspecified atom stereocenters. The molecular weight excluding hydrogens is 433 g/mol. The molecule has 2 aromatic rings. The molecule has 1 aromatic carbocycles. The third kappa shape index (κ3) is 8.07. The van der Waals surface area contributed by atoms with Crippen LogP contribution in [0.1, 0.15) is 23.0 Å². The lowest BCUT2D eigenvalue weighted by atomic mass is 10.2. The molecule has 0 spiro atoms. The van der Waals surface area contributed by atoms with Crippen molar-refractivity contribution in [1.29, 1.82) is 0 Å². The van der Waals surface area contributed by atoms with E-state index in [0.29, 0.717) is 30.9 Å². The molecule has 1 atom stereocenters. The van der Waals surface area contributed by atoms with Gasteiger partial charge in [0.1, 0.15) is 24.3 Å². The molecule has 0 aliphatic heterocycles. The number of hydrogen-bond donors (Lipinski definition) is 0. The predicted octanol–water partition coefficient (Wildman–Crippen LogP) is 5.90. The van der Waals surface area contributed by atoms with E-state index in [1.165, 1.54) is 6.07 Å². The Labute approximate surface area is 183 Å². The van der Waals surface area contributed by atoms with Gasteiger partial charge in [-0.25, -0.2) is 19.2 Å². The number of carbonyl (C=O) groups is 1. The minimum Gasteiger partial charge on any atom is -0.485 e. The second kappa shape index (κ2) is 11.1. The quantitative estimate of drug-likeness (QED) is 0.413. The van der Waals surface area contributed by atoms with Crippen molar-refractivity contribution in [3.05, 3.63) is 52.0 Å². The monoisotopic (exact) mass is 461 g/mol. The molecule has 1 amide bonds. The first-order valence-electron chi connectivity index (χ1n) is 9.28. The van der Waals surface area contributed by atoms with Gasteiger partial charge in [0, 0.05) is 42.3 Å². The highest BCUT2D eigenvalue weighted by molar-refractivity contribution is 8.32. The summed E-state index contributed by atoms with van der Waals surface area (Å²) < 4.78 is 25.5. The lowest BCUT2D eigenvalue weighted by Crippen LogP contribution is -2.30. The molecule has 0 radical (unpaired) electrons. The van der Waals surface area contributed by atoms with Crippen molar-refractivity contribution in [1.82, 2.24) is 4.90 Å². The van der Waals surface area contributed by atoms with Crippen molar-refractivity contribution in [2.75, 3.05) is 44.7 Å². The predicted molar refractivity (Wildman–Crippen MR) is 122 cm³/mol. The summed E-state index contributed by atoms with van der Waals surface area (Å²) in [7, 11) is 1.02. The Bertz CT molecular complexity index is 781. The standard InChI is InChI=1S/C21H29ClFNO3S2/c1-24(21(25)26-11-13-29(2,3)4)10-9-19(20-6-5-12-28-20)27-17-8-7-16(15-22)18(23)14-17/h5-8,12,14,19H,9-11,13,15H2,1-4H3/t19-/m0/s1. The lowest BCUT2D eigenvalue weighted by molar-refractivity contribution is 0.109. The Kier molecular flexibility index (Phi) is 9.11. The largest absolute Gasteiger partial charge is 0.485 e. The number of rotatable bonds is 10. The molecule has 0 fully saturated rings. The maximum Gasteiger partial charge on any atom is 0.409 e. The molecule has 162 valence electrons. The highest BCUT2D eigenvalue weighted by atomic mass is 35.5. The summed E-state index contributed by atoms with van der Waals surface area (Å²) in [6.07, 6.45) is 6.51. The number of carbonyl (C=O) groups excluding carboxylic acids is 1. The van der Waals surface area contributed by atoms with Crippen LogP contribution < -0.4 is 4.74 Å². The van der Waals surface area contributed by atoms with Crippen molar-refractivity contribution < 1.29 is 18.7 Å². The number of thiophene rings is 1. The van der Waals surface area contributed by atoms with E-state index in [2.05, 4.69) is 18.8 Å². The van der Waals surface area contributed by atoms with Crippen molar-refractivity contribution in [3.8, 4) is 5.75 Å². The topological polar surface area (TPSA) is 38.8 Å². The minimum atomic E-state index is -0.697. The first-order valence-corrected chi connectivity index (χ1v) is 13.7. The van der Waals surface area contributed by atoms with Crippen LogP contribution in [-0.2, 0) is 10.6 Å². The van der Waals surface area contributed by atoms with E-state index in [1.54, 1.807) is 35.4 Å². The molecule has 0 N–H and O–H groups in total. The van der Waals surface area contributed by atoms with Crippen LogP contribution in [0.4, 0.5) is 9.18 Å². The SMILES string of the molecule is CN(CC[C@H](Oc1ccc(CCl)c(F)c1)c1cccs1)C(=O)OCCS(C)(C)C. The summed E-state index contributed by atoms with van der Waals surface area (Å²) in [4.78, 5) is 14.8. The van der Waals surface area contributed by atoms with Crippen LogP contribution in [0.15, 0.2) is 35.7 Å². The molecule has 0 saturated heterocycles. The molecule has 4 nitrogen and oxygen atoms in total. The Morgan fingerprint density at radius 3 is 2.66 bits per heavy atom. The molecule has 1 aromatic heterocycles. The summed E-state index contributed by atoms with van der Waals surface area (Å²) in [6.45, 7) is 0.894. The molecule has 8 heteroatoms. The van der Waals surface area contributed by atoms with E-state index in [9.17, 15) is 9.18 Å². The molecule has 1 heterocycles. The van der Waals surface area contributed by atoms with Gasteiger partial charge in [0.2, 0.25) is 0 Å². The average molecular weight is 462 g/mol. The zero-order valence-corrected chi connectivity index (χ0v) is 19.7. The van der Waals surface area contributed by atoms with Crippen LogP contribution >= 0.6 is 33.0 Å². The fourth-order valence-electron chi connectivity index (χ4n) is 2.50. The molecule has 0 bridgehead atoms. The van der Waals surface area contributed by atoms with Gasteiger partial charge in [0.15, 0.2) is 0 Å². The Morgan fingerprint density at radius 2 is 2.07 bits per heavy atom. The number of amides is 1. The third-order valence-corrected chi connectivity index (χ3v) is 6.91. The molecular formula is C21H29ClFNO3S2. The number of alkyl halides is 1. The van der Waals surface area contributed by atoms with Gasteiger partial charge in [0.25, 0.3) is 0 Å². The molecule has 0 saturated carbocycles. The minimum absolute atomic E-state index is 0.115. The Hall–Kier alpha value is -1.44. The number of ether oxygens (including phenoxy) is 2. The molecule has 2 rings (SSSR count). The molecule has 0 aliphatic carbocycles. The van der Waals surface area contributed by atoms with Crippen LogP contribution in [0.25, 0.3) is 0 Å². The second-order valence-corrected chi connectivity index (χ2v) is 13.5. The summed E-state index contributed by atoms with van der Waals surface area (Å²) in [6, 6.07) is 8.62. The molecule has 29 heavy (non-hydrogen) atoms. The van der Waals surface area contributed by atoms with Crippen molar-refractivity contribution in [2.45, 2.75) is 18.4 Å². The number of halogens is 2. The first kappa shape index (κ1) is 23.8. The van der Waals surface area contributed by atoms with E-state index in [1.807, 2.05) is 17.5 Å². The van der Waals surface area contributed by atoms with E-state index in [4.69, 9.17) is 21.1 Å². The van der Waals surface area contributed by atoms with Gasteiger partial charge in [0.05, 0.1) is 5.88 Å². The van der Waals surface area contributed by atoms with Crippen LogP contribution in [0.5, 0.6) is 5.75 Å². The lowest BCUT2D eigenvalue weighted by Gasteiger charge is -2.26. The van der Waals surface area contributed by atoms with Crippen molar-refractivity contribution in [2.24, 2.45) is 0 Å². The maximum absolute atomic E-state index is 14.0. The number of benzene rings is 1. The van der Waals surface area contributed by atoms with Gasteiger partial charge in [-0.1, -0.05) is 12.1 Å². The van der Waals surface area contributed by atoms with Gasteiger partial charge in [-0.05, 0) is 36.3 Å². The van der Waals surface area contributed by atoms with Gasteiger partial charge < -0.3 is 14.4 Å². The smallest absolute Gasteiger partial charge is 0.409 e. The zero-order chi connectivity index (χ0) is 21.4. The maximum atomic E-state index is 14.0. The van der Waals surface area contributed by atoms with E-state index in [-0.39, 0.29) is 23.9 Å². The van der Waals surface area contributed by atoms with E-state index >= 15 is 0 Å². The Morgan fingerprint density at radius 1 is 1.31 bits per heavy atom. The summed E-state index contributed by atoms with van der Waals surface area (Å²) in [5.74, 6) is 1.05. The fourth-order valence-corrected chi connectivity index (χ4v) is 4.09. The van der Waals surface area contributed by atoms with Gasteiger partial charge in [-0.2, -0.15) is 0 Å². The summed E-state index contributed by atoms with van der Waals surface area (Å²) in [5, 5.41) is 1.97. The van der Waals surface area contributed by atoms with Crippen LogP contribution in [0.2, 0.25) is 0 Å². The second-order valence-electron chi connectivity index (χ2n) is 7.63. The number of nitrogens with zero attached hydrogens (tertiary/aromatic N) is 1. The van der Waals surface area contributed by atoms with Crippen molar-refractivity contribution >= 4 is 39.1 Å². The number of hydrogen-bond acceptors (Lipinski definition) is 4. The van der Waals surface area contributed by atoms with Crippen LogP contribution in [0, 0.1) is 5.82 Å². The average Bonchev–Trinajstić information content (AvgIpc) is 3.18. The van der Waals surface area contributed by atoms with Crippen molar-refractivity contribution in [3.63, 3.8) is 0 Å². The van der Waals surface area contributed by atoms with Gasteiger partial charge in [-0.15, -0.1) is 22.9 Å². The summed E-state index contributed by atoms with van der Waals surface area (Å²) in [5.41, 5.74) is 0.436. The summed E-state index contributed by atoms with van der Waals surface area (Å²) >= 11 is 7.29. The van der Waals surface area contributed by atoms with Crippen LogP contribution in [-0.4, -0.2) is 55.7 Å². The third-order valence-electron chi connectivity index (χ3n) is 4.27. The zero-order valence-electron chi connectivity index (χ0n) is 17.3. The normalized spacial score (nSPS) is 13.0. The molecule has 0 aliphatic rings. The first-order chi connectivity index (χ1) is 13.7. The highest BCUT2D eigenvalue weighted by Crippen LogP contribution is 2.33. The van der Waals surface area contributed by atoms with Gasteiger partial charge >= 0.3 is 6.09 Å². The van der Waals surface area contributed by atoms with Crippen LogP contribution in [0.3, 0.4) is 0 Å². The van der Waals surface area contributed by atoms with E-state index in [0.717, 1.165) is 10.6 Å².